The van der Waals surface area contributed by atoms with Gasteiger partial charge >= 0.3 is 0 Å². The van der Waals surface area contributed by atoms with Crippen molar-refractivity contribution in [3.8, 4) is 11.5 Å². The number of hydrogen-bond donors (Lipinski definition) is 2. The van der Waals surface area contributed by atoms with Gasteiger partial charge in [0.15, 0.2) is 23.4 Å². The molecule has 22 heavy (non-hydrogen) atoms. The first kappa shape index (κ1) is 12.5. The van der Waals surface area contributed by atoms with Crippen LogP contribution in [-0.4, -0.2) is 46.6 Å². The van der Waals surface area contributed by atoms with Crippen molar-refractivity contribution in [2.75, 3.05) is 13.6 Å². The lowest BCUT2D eigenvalue weighted by molar-refractivity contribution is -0.129. The Morgan fingerprint density at radius 2 is 2.18 bits per heavy atom. The van der Waals surface area contributed by atoms with E-state index in [-0.39, 0.29) is 29.3 Å². The molecule has 1 aromatic rings. The van der Waals surface area contributed by atoms with Crippen LogP contribution in [0.2, 0.25) is 0 Å². The van der Waals surface area contributed by atoms with Crippen molar-refractivity contribution in [1.29, 1.82) is 0 Å². The SMILES string of the molecule is CN1CC[C@]23c4c5ccc(O)c4O[C@H]2C(=O)C=C(O)[C@H]3[C@H]1C5. The average Bonchev–Trinajstić information content (AvgIpc) is 2.83. The van der Waals surface area contributed by atoms with Gasteiger partial charge in [-0.05, 0) is 38.1 Å². The molecule has 1 saturated heterocycles. The van der Waals surface area contributed by atoms with Crippen LogP contribution < -0.4 is 4.74 Å². The summed E-state index contributed by atoms with van der Waals surface area (Å²) in [6, 6.07) is 3.74. The third-order valence-electron chi connectivity index (χ3n) is 6.07. The summed E-state index contributed by atoms with van der Waals surface area (Å²) in [4.78, 5) is 14.7. The van der Waals surface area contributed by atoms with E-state index in [0.29, 0.717) is 5.75 Å². The van der Waals surface area contributed by atoms with Crippen LogP contribution in [0.3, 0.4) is 0 Å². The smallest absolute Gasteiger partial charge is 0.200 e. The second-order valence-corrected chi connectivity index (χ2v) is 6.94. The molecule has 0 amide bonds. The molecular weight excluding hydrogens is 282 g/mol. The Morgan fingerprint density at radius 1 is 1.36 bits per heavy atom. The standard InChI is InChI=1S/C17H17NO4/c1-18-5-4-17-13-8-2-3-10(19)15(13)22-16(17)12(21)7-11(20)14(17)9(18)6-8/h2-3,7,9,14,16,19-20H,4-6H2,1H3/t9-,14-,16+,17-/m1/s1. The molecule has 5 nitrogen and oxygen atoms in total. The van der Waals surface area contributed by atoms with E-state index in [1.807, 2.05) is 6.07 Å². The van der Waals surface area contributed by atoms with Crippen LogP contribution in [0.15, 0.2) is 24.0 Å². The van der Waals surface area contributed by atoms with Gasteiger partial charge in [0.05, 0.1) is 5.41 Å². The van der Waals surface area contributed by atoms with Gasteiger partial charge in [0, 0.05) is 23.6 Å². The summed E-state index contributed by atoms with van der Waals surface area (Å²) >= 11 is 0. The van der Waals surface area contributed by atoms with E-state index in [4.69, 9.17) is 4.74 Å². The van der Waals surface area contributed by atoms with E-state index >= 15 is 0 Å². The molecule has 5 rings (SSSR count). The van der Waals surface area contributed by atoms with E-state index in [2.05, 4.69) is 11.9 Å². The molecule has 4 atom stereocenters. The molecule has 4 aliphatic rings. The number of aliphatic hydroxyl groups excluding tert-OH is 1. The number of carbonyl (C=O) groups excluding carboxylic acids is 1. The summed E-state index contributed by atoms with van der Waals surface area (Å²) in [6.07, 6.45) is 2.26. The molecule has 5 heteroatoms. The fraction of sp³-hybridized carbons (Fsp3) is 0.471. The quantitative estimate of drug-likeness (QED) is 0.755. The van der Waals surface area contributed by atoms with Gasteiger partial charge in [0.2, 0.25) is 0 Å². The number of aromatic hydroxyl groups is 1. The highest BCUT2D eigenvalue weighted by Gasteiger charge is 2.66. The Labute approximate surface area is 127 Å². The summed E-state index contributed by atoms with van der Waals surface area (Å²) in [5, 5.41) is 20.7. The highest BCUT2D eigenvalue weighted by Crippen LogP contribution is 2.62. The Bertz CT molecular complexity index is 755. The van der Waals surface area contributed by atoms with Crippen LogP contribution in [0.5, 0.6) is 11.5 Å². The summed E-state index contributed by atoms with van der Waals surface area (Å²) in [5.41, 5.74) is 1.57. The number of rotatable bonds is 0. The first-order valence-corrected chi connectivity index (χ1v) is 7.70. The monoisotopic (exact) mass is 299 g/mol. The van der Waals surface area contributed by atoms with Gasteiger partial charge in [0.1, 0.15) is 5.76 Å². The number of piperidine rings is 1. The molecule has 2 aliphatic heterocycles. The predicted molar refractivity (Wildman–Crippen MR) is 78.1 cm³/mol. The minimum absolute atomic E-state index is 0.0888. The zero-order chi connectivity index (χ0) is 15.2. The predicted octanol–water partition coefficient (Wildman–Crippen LogP) is 1.29. The maximum Gasteiger partial charge on any atom is 0.200 e. The molecule has 114 valence electrons. The minimum Gasteiger partial charge on any atom is -0.512 e. The number of benzene rings is 1. The first-order valence-electron chi connectivity index (χ1n) is 7.70. The molecule has 0 radical (unpaired) electrons. The molecule has 1 aromatic carbocycles. The number of carbonyl (C=O) groups is 1. The van der Waals surface area contributed by atoms with Crippen molar-refractivity contribution in [3.05, 3.63) is 35.1 Å². The van der Waals surface area contributed by atoms with Crippen molar-refractivity contribution < 1.29 is 19.7 Å². The Morgan fingerprint density at radius 3 is 3.00 bits per heavy atom. The third-order valence-corrected chi connectivity index (χ3v) is 6.07. The Hall–Kier alpha value is -2.01. The van der Waals surface area contributed by atoms with E-state index in [1.165, 1.54) is 6.08 Å². The van der Waals surface area contributed by atoms with Gasteiger partial charge in [0.25, 0.3) is 0 Å². The number of phenols is 1. The number of likely N-dealkylation sites (tertiary alicyclic amines) is 1. The van der Waals surface area contributed by atoms with Gasteiger partial charge in [-0.1, -0.05) is 6.07 Å². The summed E-state index contributed by atoms with van der Waals surface area (Å²) < 4.78 is 5.93. The molecular formula is C17H17NO4. The number of hydrogen-bond acceptors (Lipinski definition) is 5. The van der Waals surface area contributed by atoms with Crippen molar-refractivity contribution in [3.63, 3.8) is 0 Å². The van der Waals surface area contributed by atoms with Crippen LogP contribution >= 0.6 is 0 Å². The third kappa shape index (κ3) is 1.16. The molecule has 2 aliphatic carbocycles. The van der Waals surface area contributed by atoms with Crippen LogP contribution in [-0.2, 0) is 16.6 Å². The zero-order valence-corrected chi connectivity index (χ0v) is 12.2. The maximum atomic E-state index is 12.5. The number of phenolic OH excluding ortho intramolecular Hbond substituents is 1. The van der Waals surface area contributed by atoms with Gasteiger partial charge in [-0.15, -0.1) is 0 Å². The maximum absolute atomic E-state index is 12.5. The fourth-order valence-electron chi connectivity index (χ4n) is 5.20. The van der Waals surface area contributed by atoms with E-state index < -0.39 is 11.5 Å². The number of ether oxygens (including phenoxy) is 1. The normalized spacial score (nSPS) is 38.3. The Balaban J connectivity index is 1.88. The number of ketones is 1. The van der Waals surface area contributed by atoms with Crippen LogP contribution in [0.25, 0.3) is 0 Å². The van der Waals surface area contributed by atoms with Gasteiger partial charge in [-0.3, -0.25) is 4.79 Å². The van der Waals surface area contributed by atoms with E-state index in [0.717, 1.165) is 30.5 Å². The topological polar surface area (TPSA) is 70.0 Å². The zero-order valence-electron chi connectivity index (χ0n) is 12.2. The highest BCUT2D eigenvalue weighted by atomic mass is 16.5. The number of aliphatic hydroxyl groups is 1. The van der Waals surface area contributed by atoms with Crippen molar-refractivity contribution in [2.45, 2.75) is 30.4 Å². The van der Waals surface area contributed by atoms with Crippen LogP contribution in [0, 0.1) is 5.92 Å². The molecule has 1 spiro atoms. The number of nitrogens with zero attached hydrogens (tertiary/aromatic N) is 1. The lowest BCUT2D eigenvalue weighted by Crippen LogP contribution is -2.65. The Kier molecular flexibility index (Phi) is 2.08. The lowest BCUT2D eigenvalue weighted by atomic mass is 9.53. The van der Waals surface area contributed by atoms with Crippen molar-refractivity contribution in [2.24, 2.45) is 5.92 Å². The second kappa shape index (κ2) is 3.66. The average molecular weight is 299 g/mol. The highest BCUT2D eigenvalue weighted by molar-refractivity contribution is 5.98. The first-order chi connectivity index (χ1) is 10.5. The molecule has 0 unspecified atom stereocenters. The summed E-state index contributed by atoms with van der Waals surface area (Å²) in [7, 11) is 2.07. The summed E-state index contributed by atoms with van der Waals surface area (Å²) in [6.45, 7) is 0.857. The van der Waals surface area contributed by atoms with Gasteiger partial charge in [-0.2, -0.15) is 0 Å². The molecule has 2 N–H and O–H groups in total. The largest absolute Gasteiger partial charge is 0.512 e. The molecule has 0 saturated carbocycles. The van der Waals surface area contributed by atoms with Crippen LogP contribution in [0.4, 0.5) is 0 Å². The number of likely N-dealkylation sites (N-methyl/N-ethyl adjacent to an activating group) is 1. The molecule has 2 heterocycles. The molecule has 2 bridgehead atoms. The fourth-order valence-corrected chi connectivity index (χ4v) is 5.20. The van der Waals surface area contributed by atoms with E-state index in [1.54, 1.807) is 6.07 Å². The van der Waals surface area contributed by atoms with Gasteiger partial charge in [-0.25, -0.2) is 0 Å². The van der Waals surface area contributed by atoms with Gasteiger partial charge < -0.3 is 19.8 Å². The minimum atomic E-state index is -0.619. The lowest BCUT2D eigenvalue weighted by Gasteiger charge is -2.55. The molecule has 0 aromatic heterocycles. The molecule has 1 fully saturated rings. The van der Waals surface area contributed by atoms with Crippen molar-refractivity contribution >= 4 is 5.78 Å². The van der Waals surface area contributed by atoms with Crippen LogP contribution in [0.1, 0.15) is 17.5 Å². The van der Waals surface area contributed by atoms with E-state index in [9.17, 15) is 15.0 Å². The van der Waals surface area contributed by atoms with Crippen molar-refractivity contribution in [1.82, 2.24) is 4.90 Å². The second-order valence-electron chi connectivity index (χ2n) is 6.94. The summed E-state index contributed by atoms with van der Waals surface area (Å²) in [5.74, 6) is 0.381.